The number of rotatable bonds is 20. The second kappa shape index (κ2) is 25.4. The summed E-state index contributed by atoms with van der Waals surface area (Å²) in [6.07, 6.45) is -15.0. The molecule has 4 fully saturated rings. The molecule has 0 aromatic heterocycles. The van der Waals surface area contributed by atoms with Gasteiger partial charge in [-0.2, -0.15) is 0 Å². The Morgan fingerprint density at radius 3 is 1.02 bits per heavy atom. The number of nitrogens with one attached hydrogen (secondary N) is 4. The predicted octanol–water partition coefficient (Wildman–Crippen LogP) is 4.63. The lowest BCUT2D eigenvalue weighted by Crippen LogP contribution is -2.65. The average molecular weight is 1130 g/mol. The number of ether oxygens (including phenoxy) is 5. The van der Waals surface area contributed by atoms with Crippen molar-refractivity contribution in [2.24, 2.45) is 0 Å². The van der Waals surface area contributed by atoms with Gasteiger partial charge < -0.3 is 34.1 Å². The van der Waals surface area contributed by atoms with Crippen LogP contribution in [0.4, 0.5) is 24.0 Å². The van der Waals surface area contributed by atoms with E-state index in [1.54, 1.807) is 142 Å². The zero-order valence-corrected chi connectivity index (χ0v) is 46.2. The normalized spacial score (nSPS) is 23.9. The van der Waals surface area contributed by atoms with Crippen molar-refractivity contribution in [3.8, 4) is 0 Å². The van der Waals surface area contributed by atoms with Gasteiger partial charge in [0.15, 0.2) is 6.04 Å². The molecule has 0 radical (unpaired) electrons. The first-order chi connectivity index (χ1) is 39.0. The standard InChI is InChI=1S/C58H66N8O16/c1-32-44(52(71)72)63(54(74)78-32)48(67)40(28-36-20-12-8-13-21-36)59-45-33(2)79-55(75)64(45)49(68)41(29-37-22-14-9-15-23-37)60-46-34(3)80-56(76)65(46)50(69)42(30-38-24-16-10-17-25-38)61-47-35(4)81-57(77)66(47)51(70)43(31-39-26-18-11-19-27-39)62-53(73)82-58(5,6)7/h8-27,32-35,40-47,59-61H,28-31H2,1-7H3,(H,62,73)(H,71,72)/t32-,33-,34-,35-,40-,41-,42-,43-,44+,45+,46+,47+/m0/s1. The molecule has 0 saturated carbocycles. The Kier molecular flexibility index (Phi) is 18.4. The zero-order valence-electron chi connectivity index (χ0n) is 46.2. The molecule has 4 saturated heterocycles. The van der Waals surface area contributed by atoms with Crippen LogP contribution in [-0.2, 0) is 73.3 Å². The number of benzene rings is 4. The molecular formula is C58H66N8O16. The number of hydrogen-bond donors (Lipinski definition) is 5. The Hall–Kier alpha value is -8.74. The molecule has 82 heavy (non-hydrogen) atoms. The molecule has 9 amide bonds. The van der Waals surface area contributed by atoms with Gasteiger partial charge in [0.05, 0.1) is 18.1 Å². The van der Waals surface area contributed by atoms with Gasteiger partial charge in [-0.15, -0.1) is 0 Å². The van der Waals surface area contributed by atoms with Crippen molar-refractivity contribution >= 4 is 60.1 Å². The molecule has 4 aliphatic heterocycles. The second-order valence-corrected chi connectivity index (χ2v) is 21.4. The first-order valence-corrected chi connectivity index (χ1v) is 26.8. The van der Waals surface area contributed by atoms with Crippen molar-refractivity contribution in [2.45, 2.75) is 153 Å². The molecule has 24 heteroatoms. The van der Waals surface area contributed by atoms with E-state index in [-0.39, 0.29) is 25.7 Å². The van der Waals surface area contributed by atoms with Crippen molar-refractivity contribution in [3.05, 3.63) is 144 Å². The van der Waals surface area contributed by atoms with Crippen molar-refractivity contribution in [1.82, 2.24) is 40.9 Å². The summed E-state index contributed by atoms with van der Waals surface area (Å²) < 4.78 is 27.6. The summed E-state index contributed by atoms with van der Waals surface area (Å²) in [5.41, 5.74) is 1.38. The molecule has 0 unspecified atom stereocenters. The van der Waals surface area contributed by atoms with Crippen LogP contribution >= 0.6 is 0 Å². The van der Waals surface area contributed by atoms with Crippen LogP contribution in [0.5, 0.6) is 0 Å². The highest BCUT2D eigenvalue weighted by molar-refractivity contribution is 6.02. The number of aliphatic carboxylic acids is 1. The van der Waals surface area contributed by atoms with E-state index in [2.05, 4.69) is 21.3 Å². The van der Waals surface area contributed by atoms with E-state index in [4.69, 9.17) is 23.7 Å². The molecule has 4 aromatic rings. The van der Waals surface area contributed by atoms with E-state index in [9.17, 15) is 43.5 Å². The number of hydrogen-bond acceptors (Lipinski definition) is 18. The maximum atomic E-state index is 15.4. The molecule has 12 atom stereocenters. The largest absolute Gasteiger partial charge is 0.480 e. The van der Waals surface area contributed by atoms with Crippen LogP contribution in [0.1, 0.15) is 70.7 Å². The molecule has 4 heterocycles. The molecule has 0 spiro atoms. The van der Waals surface area contributed by atoms with Gasteiger partial charge in [0.1, 0.15) is 54.6 Å². The molecule has 4 aromatic carbocycles. The summed E-state index contributed by atoms with van der Waals surface area (Å²) in [5, 5.41) is 22.0. The molecule has 8 rings (SSSR count). The van der Waals surface area contributed by atoms with E-state index in [0.29, 0.717) is 27.2 Å². The van der Waals surface area contributed by atoms with E-state index in [1.165, 1.54) is 27.7 Å². The third-order valence-electron chi connectivity index (χ3n) is 14.2. The Labute approximate surface area is 472 Å². The Bertz CT molecular complexity index is 3020. The highest BCUT2D eigenvalue weighted by Gasteiger charge is 2.54. The highest BCUT2D eigenvalue weighted by atomic mass is 16.6. The van der Waals surface area contributed by atoms with Gasteiger partial charge in [-0.25, -0.2) is 48.4 Å². The van der Waals surface area contributed by atoms with Gasteiger partial charge >= 0.3 is 36.4 Å². The number of alkyl carbamates (subject to hydrolysis) is 1. The van der Waals surface area contributed by atoms with Crippen molar-refractivity contribution in [3.63, 3.8) is 0 Å². The predicted molar refractivity (Wildman–Crippen MR) is 288 cm³/mol. The molecule has 4 aliphatic rings. The summed E-state index contributed by atoms with van der Waals surface area (Å²) in [7, 11) is 0. The van der Waals surface area contributed by atoms with Gasteiger partial charge in [-0.1, -0.05) is 121 Å². The molecule has 5 N–H and O–H groups in total. The first kappa shape index (κ1) is 59.4. The van der Waals surface area contributed by atoms with Gasteiger partial charge in [0.2, 0.25) is 5.91 Å². The van der Waals surface area contributed by atoms with E-state index < -0.39 is 139 Å². The molecule has 0 bridgehead atoms. The summed E-state index contributed by atoms with van der Waals surface area (Å²) in [6.45, 7) is 10.7. The third kappa shape index (κ3) is 13.7. The zero-order chi connectivity index (χ0) is 59.2. The van der Waals surface area contributed by atoms with Gasteiger partial charge in [-0.3, -0.25) is 35.1 Å². The summed E-state index contributed by atoms with van der Waals surface area (Å²) in [4.78, 5) is 144. The van der Waals surface area contributed by atoms with Crippen LogP contribution in [0, 0.1) is 0 Å². The van der Waals surface area contributed by atoms with Crippen LogP contribution in [-0.4, -0.2) is 163 Å². The number of carbonyl (C=O) groups is 10. The number of carboxylic acids is 1. The Morgan fingerprint density at radius 2 is 0.720 bits per heavy atom. The molecular weight excluding hydrogens is 1060 g/mol. The van der Waals surface area contributed by atoms with E-state index in [0.717, 1.165) is 14.7 Å². The number of imide groups is 4. The van der Waals surface area contributed by atoms with Gasteiger partial charge in [-0.05, 0) is 90.0 Å². The van der Waals surface area contributed by atoms with Crippen molar-refractivity contribution < 1.29 is 76.7 Å². The number of cyclic esters (lactones) is 4. The molecule has 24 nitrogen and oxygen atoms in total. The van der Waals surface area contributed by atoms with Crippen molar-refractivity contribution in [2.75, 3.05) is 0 Å². The number of amides is 9. The fourth-order valence-electron chi connectivity index (χ4n) is 10.3. The maximum Gasteiger partial charge on any atom is 0.418 e. The summed E-state index contributed by atoms with van der Waals surface area (Å²) >= 11 is 0. The minimum Gasteiger partial charge on any atom is -0.480 e. The van der Waals surface area contributed by atoms with Gasteiger partial charge in [0, 0.05) is 6.42 Å². The maximum absolute atomic E-state index is 15.4. The fraction of sp³-hybridized carbons (Fsp3) is 0.414. The molecule has 434 valence electrons. The minimum atomic E-state index is -1.70. The lowest BCUT2D eigenvalue weighted by molar-refractivity contribution is -0.148. The SMILES string of the molecule is C[C@@H]1OC(=O)N(C(=O)[C@H](Cc2ccccc2)NC(=O)OC(C)(C)C)[C@H]1N[C@@H](Cc1ccccc1)C(=O)N1C(=O)O[C@@H](C)[C@@H]1N[C@@H](Cc1ccccc1)C(=O)N1C(=O)O[C@@H](C)[C@@H]1N[C@@H](Cc1ccccc1)C(=O)N1C(=O)O[C@@H](C)[C@@H]1C(=O)O. The third-order valence-corrected chi connectivity index (χ3v) is 14.2. The Balaban J connectivity index is 1.11. The van der Waals surface area contributed by atoms with Gasteiger partial charge in [0.25, 0.3) is 17.7 Å². The summed E-state index contributed by atoms with van der Waals surface area (Å²) in [6, 6.07) is 27.0. The molecule has 0 aliphatic carbocycles. The number of carboxylic acid groups (broad SMARTS) is 1. The van der Waals surface area contributed by atoms with Crippen LogP contribution < -0.4 is 21.3 Å². The van der Waals surface area contributed by atoms with E-state index in [1.807, 2.05) is 0 Å². The van der Waals surface area contributed by atoms with E-state index >= 15 is 9.59 Å². The minimum absolute atomic E-state index is 0.0806. The lowest BCUT2D eigenvalue weighted by atomic mass is 10.0. The second-order valence-electron chi connectivity index (χ2n) is 21.4. The van der Waals surface area contributed by atoms with Crippen LogP contribution in [0.2, 0.25) is 0 Å². The quantitative estimate of drug-likeness (QED) is 0.0754. The number of nitrogens with zero attached hydrogens (tertiary/aromatic N) is 4. The van der Waals surface area contributed by atoms with Crippen molar-refractivity contribution in [1.29, 1.82) is 0 Å². The lowest BCUT2D eigenvalue weighted by Gasteiger charge is -2.34. The van der Waals surface area contributed by atoms with Crippen LogP contribution in [0.3, 0.4) is 0 Å². The average Bonchev–Trinajstić information content (AvgIpc) is 3.64. The summed E-state index contributed by atoms with van der Waals surface area (Å²) in [5.74, 6) is -5.31. The monoisotopic (exact) mass is 1130 g/mol. The fourth-order valence-corrected chi connectivity index (χ4v) is 10.3. The topological polar surface area (TPSA) is 298 Å². The first-order valence-electron chi connectivity index (χ1n) is 26.8. The van der Waals surface area contributed by atoms with Crippen LogP contribution in [0.15, 0.2) is 121 Å². The number of carbonyl (C=O) groups excluding carboxylic acids is 9. The highest BCUT2D eigenvalue weighted by Crippen LogP contribution is 2.29. The van der Waals surface area contributed by atoms with Crippen LogP contribution in [0.25, 0.3) is 0 Å². The smallest absolute Gasteiger partial charge is 0.418 e. The Morgan fingerprint density at radius 1 is 0.451 bits per heavy atom.